The Morgan fingerprint density at radius 1 is 1.22 bits per heavy atom. The number of hydrogen-bond acceptors (Lipinski definition) is 7. The van der Waals surface area contributed by atoms with E-state index in [-0.39, 0.29) is 12.3 Å². The maximum Gasteiger partial charge on any atom is 0.200 e. The van der Waals surface area contributed by atoms with Crippen LogP contribution in [0.25, 0.3) is 11.6 Å². The number of nitrogens with zero attached hydrogens (tertiary/aromatic N) is 4. The molecule has 3 heterocycles. The number of hydrogen-bond donors (Lipinski definition) is 1. The van der Waals surface area contributed by atoms with Gasteiger partial charge in [0, 0.05) is 39.1 Å². The van der Waals surface area contributed by atoms with Crippen LogP contribution in [0.5, 0.6) is 0 Å². The monoisotopic (exact) mass is 385 g/mol. The number of furan rings is 1. The average molecular weight is 385 g/mol. The Morgan fingerprint density at radius 3 is 2.74 bits per heavy atom. The van der Waals surface area contributed by atoms with Crippen LogP contribution >= 0.6 is 11.8 Å². The number of ether oxygens (including phenoxy) is 1. The van der Waals surface area contributed by atoms with Crippen LogP contribution in [-0.4, -0.2) is 47.3 Å². The van der Waals surface area contributed by atoms with Gasteiger partial charge >= 0.3 is 0 Å². The van der Waals surface area contributed by atoms with Crippen molar-refractivity contribution in [1.29, 1.82) is 0 Å². The summed E-state index contributed by atoms with van der Waals surface area (Å²) in [7, 11) is 6.02. The molecule has 1 saturated heterocycles. The Hall–Kier alpha value is -2.29. The van der Waals surface area contributed by atoms with Gasteiger partial charge in [0.25, 0.3) is 0 Å². The minimum Gasteiger partial charge on any atom is -0.461 e. The van der Waals surface area contributed by atoms with Crippen LogP contribution < -0.4 is 10.2 Å². The molecule has 1 fully saturated rings. The van der Waals surface area contributed by atoms with Crippen molar-refractivity contribution in [3.63, 3.8) is 0 Å². The third-order valence-corrected chi connectivity index (χ3v) is 5.70. The highest BCUT2D eigenvalue weighted by Gasteiger charge is 2.26. The van der Waals surface area contributed by atoms with E-state index in [4.69, 9.17) is 9.15 Å². The summed E-state index contributed by atoms with van der Waals surface area (Å²) in [6.45, 7) is 0.815. The Bertz CT molecular complexity index is 876. The number of thioether (sulfide) groups is 1. The maximum absolute atomic E-state index is 6.17. The fourth-order valence-corrected chi connectivity index (χ4v) is 3.91. The number of nitrogens with one attached hydrogen (secondary N) is 1. The van der Waals surface area contributed by atoms with Crippen LogP contribution in [-0.2, 0) is 11.8 Å². The fraction of sp³-hybridized carbons (Fsp3) is 0.368. The van der Waals surface area contributed by atoms with E-state index in [1.807, 2.05) is 37.8 Å². The Balaban J connectivity index is 1.34. The molecule has 2 atom stereocenters. The van der Waals surface area contributed by atoms with E-state index in [2.05, 4.69) is 44.7 Å². The van der Waals surface area contributed by atoms with Crippen LogP contribution in [0, 0.1) is 0 Å². The molecule has 0 bridgehead atoms. The Labute approximate surface area is 162 Å². The molecule has 2 aromatic heterocycles. The smallest absolute Gasteiger partial charge is 0.200 e. The summed E-state index contributed by atoms with van der Waals surface area (Å²) in [6, 6.07) is 12.2. The van der Waals surface area contributed by atoms with Gasteiger partial charge in [-0.15, -0.1) is 10.2 Å². The molecule has 7 nitrogen and oxygen atoms in total. The van der Waals surface area contributed by atoms with E-state index in [1.54, 1.807) is 18.0 Å². The molecule has 1 N–H and O–H groups in total. The van der Waals surface area contributed by atoms with Crippen molar-refractivity contribution < 1.29 is 9.15 Å². The van der Waals surface area contributed by atoms with Crippen molar-refractivity contribution >= 4 is 17.4 Å². The van der Waals surface area contributed by atoms with E-state index in [1.165, 1.54) is 5.69 Å². The van der Waals surface area contributed by atoms with Gasteiger partial charge in [0.05, 0.1) is 12.4 Å². The zero-order valence-electron chi connectivity index (χ0n) is 15.6. The lowest BCUT2D eigenvalue weighted by Gasteiger charge is -2.16. The molecule has 3 aromatic rings. The molecule has 1 aliphatic heterocycles. The highest BCUT2D eigenvalue weighted by Crippen LogP contribution is 2.28. The summed E-state index contributed by atoms with van der Waals surface area (Å²) in [4.78, 5) is 2.09. The summed E-state index contributed by atoms with van der Waals surface area (Å²) in [6.07, 6.45) is 1.70. The van der Waals surface area contributed by atoms with Crippen molar-refractivity contribution in [2.24, 2.45) is 7.05 Å². The van der Waals surface area contributed by atoms with Crippen molar-refractivity contribution in [2.45, 2.75) is 17.5 Å². The van der Waals surface area contributed by atoms with Gasteiger partial charge in [-0.3, -0.25) is 5.32 Å². The van der Waals surface area contributed by atoms with E-state index in [0.29, 0.717) is 0 Å². The predicted molar refractivity (Wildman–Crippen MR) is 106 cm³/mol. The summed E-state index contributed by atoms with van der Waals surface area (Å²) in [5.74, 6) is 2.26. The molecule has 1 aromatic carbocycles. The SMILES string of the molecule is CN(C)c1ccc([C@@H]2NC[C@@H](CSc3nnc(-c4ccco4)n3C)O2)cc1. The second kappa shape index (κ2) is 7.75. The first kappa shape index (κ1) is 18.1. The van der Waals surface area contributed by atoms with E-state index >= 15 is 0 Å². The van der Waals surface area contributed by atoms with E-state index in [0.717, 1.165) is 34.6 Å². The van der Waals surface area contributed by atoms with Gasteiger partial charge in [-0.05, 0) is 29.8 Å². The molecular formula is C19H23N5O2S. The number of aromatic nitrogens is 3. The molecule has 0 saturated carbocycles. The van der Waals surface area contributed by atoms with Crippen molar-refractivity contribution in [2.75, 3.05) is 31.3 Å². The van der Waals surface area contributed by atoms with Gasteiger partial charge in [-0.1, -0.05) is 23.9 Å². The van der Waals surface area contributed by atoms with Crippen LogP contribution in [0.15, 0.2) is 52.2 Å². The first-order chi connectivity index (χ1) is 13.1. The van der Waals surface area contributed by atoms with Gasteiger partial charge in [-0.2, -0.15) is 0 Å². The van der Waals surface area contributed by atoms with Crippen molar-refractivity contribution in [1.82, 2.24) is 20.1 Å². The highest BCUT2D eigenvalue weighted by atomic mass is 32.2. The van der Waals surface area contributed by atoms with Gasteiger partial charge in [0.1, 0.15) is 6.23 Å². The molecule has 0 amide bonds. The quantitative estimate of drug-likeness (QED) is 0.654. The minimum absolute atomic E-state index is 0.0648. The second-order valence-electron chi connectivity index (χ2n) is 6.69. The number of benzene rings is 1. The molecule has 4 rings (SSSR count). The van der Waals surface area contributed by atoms with Gasteiger partial charge in [-0.25, -0.2) is 0 Å². The summed E-state index contributed by atoms with van der Waals surface area (Å²) in [5.41, 5.74) is 2.32. The minimum atomic E-state index is -0.0648. The van der Waals surface area contributed by atoms with Gasteiger partial charge in [0.15, 0.2) is 16.7 Å². The third kappa shape index (κ3) is 3.87. The number of anilines is 1. The van der Waals surface area contributed by atoms with Crippen LogP contribution in [0.3, 0.4) is 0 Å². The van der Waals surface area contributed by atoms with Crippen molar-refractivity contribution in [3.8, 4) is 11.6 Å². The first-order valence-electron chi connectivity index (χ1n) is 8.84. The topological polar surface area (TPSA) is 68.3 Å². The summed E-state index contributed by atoms with van der Waals surface area (Å²) < 4.78 is 13.5. The standard InChI is InChI=1S/C19H23N5O2S/c1-23(2)14-8-6-13(7-9-14)18-20-11-15(26-18)12-27-19-22-21-17(24(19)3)16-5-4-10-25-16/h4-10,15,18,20H,11-12H2,1-3H3/t15-,18+/m0/s1. The molecule has 8 heteroatoms. The predicted octanol–water partition coefficient (Wildman–Crippen LogP) is 2.92. The first-order valence-corrected chi connectivity index (χ1v) is 9.82. The third-order valence-electron chi connectivity index (χ3n) is 4.55. The normalized spacial score (nSPS) is 19.5. The average Bonchev–Trinajstić information content (AvgIpc) is 3.41. The molecule has 27 heavy (non-hydrogen) atoms. The molecule has 142 valence electrons. The largest absolute Gasteiger partial charge is 0.461 e. The van der Waals surface area contributed by atoms with Crippen LogP contribution in [0.2, 0.25) is 0 Å². The molecule has 0 aliphatic carbocycles. The fourth-order valence-electron chi connectivity index (χ4n) is 3.00. The lowest BCUT2D eigenvalue weighted by Crippen LogP contribution is -2.17. The number of rotatable bonds is 6. The van der Waals surface area contributed by atoms with Crippen molar-refractivity contribution in [3.05, 3.63) is 48.2 Å². The Kier molecular flexibility index (Phi) is 5.20. The Morgan fingerprint density at radius 2 is 2.04 bits per heavy atom. The second-order valence-corrected chi connectivity index (χ2v) is 7.67. The summed E-state index contributed by atoms with van der Waals surface area (Å²) >= 11 is 1.64. The van der Waals surface area contributed by atoms with Gasteiger partial charge < -0.3 is 18.6 Å². The molecule has 0 spiro atoms. The van der Waals surface area contributed by atoms with Crippen LogP contribution in [0.1, 0.15) is 11.8 Å². The lowest BCUT2D eigenvalue weighted by molar-refractivity contribution is 0.0534. The lowest BCUT2D eigenvalue weighted by atomic mass is 10.2. The summed E-state index contributed by atoms with van der Waals surface area (Å²) in [5, 5.41) is 12.8. The molecular weight excluding hydrogens is 362 g/mol. The maximum atomic E-state index is 6.17. The van der Waals surface area contributed by atoms with E-state index in [9.17, 15) is 0 Å². The zero-order valence-corrected chi connectivity index (χ0v) is 16.4. The van der Waals surface area contributed by atoms with Crippen LogP contribution in [0.4, 0.5) is 5.69 Å². The zero-order chi connectivity index (χ0) is 18.8. The van der Waals surface area contributed by atoms with Gasteiger partial charge in [0.2, 0.25) is 0 Å². The molecule has 1 aliphatic rings. The van der Waals surface area contributed by atoms with E-state index < -0.39 is 0 Å². The molecule has 0 unspecified atom stereocenters. The highest BCUT2D eigenvalue weighted by molar-refractivity contribution is 7.99. The molecule has 0 radical (unpaired) electrons.